The number of β-lactam (4-membered cyclic amide) rings is 1. The van der Waals surface area contributed by atoms with Crippen molar-refractivity contribution in [2.24, 2.45) is 0 Å². The van der Waals surface area contributed by atoms with E-state index in [-0.39, 0.29) is 11.9 Å². The van der Waals surface area contributed by atoms with Crippen molar-refractivity contribution < 1.29 is 9.53 Å². The third-order valence-electron chi connectivity index (χ3n) is 2.94. The molecule has 0 radical (unpaired) electrons. The van der Waals surface area contributed by atoms with Gasteiger partial charge in [-0.05, 0) is 30.7 Å². The monoisotopic (exact) mass is 217 g/mol. The van der Waals surface area contributed by atoms with E-state index in [1.165, 1.54) is 0 Å². The Labute approximate surface area is 95.3 Å². The van der Waals surface area contributed by atoms with E-state index >= 15 is 0 Å². The Kier molecular flexibility index (Phi) is 2.69. The minimum atomic E-state index is 0.0250. The second kappa shape index (κ2) is 4.00. The molecule has 16 heavy (non-hydrogen) atoms. The summed E-state index contributed by atoms with van der Waals surface area (Å²) in [4.78, 5) is 13.5. The highest BCUT2D eigenvalue weighted by Crippen LogP contribution is 2.33. The Morgan fingerprint density at radius 2 is 2.00 bits per heavy atom. The van der Waals surface area contributed by atoms with Crippen molar-refractivity contribution in [3.05, 3.63) is 36.4 Å². The van der Waals surface area contributed by atoms with Crippen LogP contribution in [0, 0.1) is 0 Å². The van der Waals surface area contributed by atoms with Crippen LogP contribution in [0.3, 0.4) is 0 Å². The third kappa shape index (κ3) is 1.48. The van der Waals surface area contributed by atoms with Crippen molar-refractivity contribution in [1.29, 1.82) is 0 Å². The van der Waals surface area contributed by atoms with Crippen LogP contribution in [0.5, 0.6) is 5.75 Å². The van der Waals surface area contributed by atoms with Gasteiger partial charge in [0, 0.05) is 11.3 Å². The van der Waals surface area contributed by atoms with Gasteiger partial charge in [-0.15, -0.1) is 0 Å². The fraction of sp³-hybridized carbons (Fsp3) is 0.308. The molecule has 1 atom stereocenters. The van der Waals surface area contributed by atoms with E-state index in [4.69, 9.17) is 4.74 Å². The summed E-state index contributed by atoms with van der Waals surface area (Å²) in [5, 5.41) is 0. The van der Waals surface area contributed by atoms with E-state index in [0.717, 1.165) is 17.9 Å². The van der Waals surface area contributed by atoms with Crippen LogP contribution in [0.25, 0.3) is 0 Å². The first-order valence-corrected chi connectivity index (χ1v) is 5.35. The molecule has 0 spiro atoms. The lowest BCUT2D eigenvalue weighted by molar-refractivity contribution is -0.118. The van der Waals surface area contributed by atoms with Gasteiger partial charge in [0.2, 0.25) is 0 Å². The van der Waals surface area contributed by atoms with E-state index in [0.29, 0.717) is 5.57 Å². The molecular formula is C13H15NO2. The number of ether oxygens (including phenoxy) is 1. The van der Waals surface area contributed by atoms with Gasteiger partial charge in [0.25, 0.3) is 5.91 Å². The van der Waals surface area contributed by atoms with Gasteiger partial charge in [0.1, 0.15) is 5.75 Å². The number of rotatable bonds is 3. The molecule has 3 heteroatoms. The highest BCUT2D eigenvalue weighted by atomic mass is 16.5. The standard InChI is InChI=1S/C13H15NO2/c1-4-12-9(2)13(15)14(12)10-5-7-11(16-3)8-6-10/h5-8,12H,2,4H2,1,3H3. The van der Waals surface area contributed by atoms with Crippen LogP contribution >= 0.6 is 0 Å². The highest BCUT2D eigenvalue weighted by Gasteiger charge is 2.39. The van der Waals surface area contributed by atoms with Crippen molar-refractivity contribution in [2.45, 2.75) is 19.4 Å². The Bertz CT molecular complexity index is 422. The van der Waals surface area contributed by atoms with E-state index in [9.17, 15) is 4.79 Å². The molecule has 1 aliphatic rings. The molecule has 1 amide bonds. The first-order chi connectivity index (χ1) is 7.69. The Morgan fingerprint density at radius 1 is 1.38 bits per heavy atom. The molecule has 1 aromatic rings. The Balaban J connectivity index is 2.24. The maximum absolute atomic E-state index is 11.7. The van der Waals surface area contributed by atoms with Crippen molar-refractivity contribution in [1.82, 2.24) is 0 Å². The summed E-state index contributed by atoms with van der Waals surface area (Å²) in [7, 11) is 1.63. The molecule has 1 saturated heterocycles. The molecular weight excluding hydrogens is 202 g/mol. The fourth-order valence-corrected chi connectivity index (χ4v) is 2.00. The lowest BCUT2D eigenvalue weighted by atomic mass is 9.93. The quantitative estimate of drug-likeness (QED) is 0.574. The maximum Gasteiger partial charge on any atom is 0.256 e. The molecule has 1 aromatic carbocycles. The summed E-state index contributed by atoms with van der Waals surface area (Å²) >= 11 is 0. The minimum absolute atomic E-state index is 0.0250. The van der Waals surface area contributed by atoms with E-state index in [1.54, 1.807) is 12.0 Å². The van der Waals surface area contributed by atoms with Crippen molar-refractivity contribution in [3.8, 4) is 5.75 Å². The normalized spacial score (nSPS) is 19.6. The lowest BCUT2D eigenvalue weighted by Crippen LogP contribution is -2.54. The molecule has 0 bridgehead atoms. The second-order valence-electron chi connectivity index (χ2n) is 3.82. The van der Waals surface area contributed by atoms with Crippen LogP contribution in [-0.2, 0) is 4.79 Å². The number of hydrogen-bond donors (Lipinski definition) is 0. The van der Waals surface area contributed by atoms with Crippen molar-refractivity contribution in [2.75, 3.05) is 12.0 Å². The molecule has 0 aliphatic carbocycles. The zero-order valence-corrected chi connectivity index (χ0v) is 9.56. The van der Waals surface area contributed by atoms with E-state index in [2.05, 4.69) is 13.5 Å². The van der Waals surface area contributed by atoms with Crippen LogP contribution in [0.4, 0.5) is 5.69 Å². The topological polar surface area (TPSA) is 29.5 Å². The summed E-state index contributed by atoms with van der Waals surface area (Å²) in [5.41, 5.74) is 1.61. The summed E-state index contributed by atoms with van der Waals surface area (Å²) in [5.74, 6) is 0.820. The van der Waals surface area contributed by atoms with Gasteiger partial charge in [-0.3, -0.25) is 4.79 Å². The second-order valence-corrected chi connectivity index (χ2v) is 3.82. The third-order valence-corrected chi connectivity index (χ3v) is 2.94. The lowest BCUT2D eigenvalue weighted by Gasteiger charge is -2.41. The molecule has 0 aromatic heterocycles. The molecule has 1 aliphatic heterocycles. The van der Waals surface area contributed by atoms with Gasteiger partial charge in [-0.1, -0.05) is 13.5 Å². The van der Waals surface area contributed by atoms with Gasteiger partial charge in [0.05, 0.1) is 13.2 Å². The minimum Gasteiger partial charge on any atom is -0.497 e. The van der Waals surface area contributed by atoms with E-state index < -0.39 is 0 Å². The average molecular weight is 217 g/mol. The summed E-state index contributed by atoms with van der Waals surface area (Å²) in [6.45, 7) is 5.84. The van der Waals surface area contributed by atoms with Gasteiger partial charge in [-0.25, -0.2) is 0 Å². The zero-order chi connectivity index (χ0) is 11.7. The molecule has 1 heterocycles. The first kappa shape index (κ1) is 10.7. The number of carbonyl (C=O) groups excluding carboxylic acids is 1. The summed E-state index contributed by atoms with van der Waals surface area (Å²) in [6.07, 6.45) is 0.899. The number of methoxy groups -OCH3 is 1. The fourth-order valence-electron chi connectivity index (χ4n) is 2.00. The molecule has 1 unspecified atom stereocenters. The highest BCUT2D eigenvalue weighted by molar-refractivity contribution is 6.14. The van der Waals surface area contributed by atoms with Gasteiger partial charge >= 0.3 is 0 Å². The van der Waals surface area contributed by atoms with Gasteiger partial charge < -0.3 is 9.64 Å². The first-order valence-electron chi connectivity index (χ1n) is 5.35. The van der Waals surface area contributed by atoms with Gasteiger partial charge in [-0.2, -0.15) is 0 Å². The van der Waals surface area contributed by atoms with Crippen LogP contribution in [0.2, 0.25) is 0 Å². The SMILES string of the molecule is C=C1C(=O)N(c2ccc(OC)cc2)C1CC. The molecule has 2 rings (SSSR count). The van der Waals surface area contributed by atoms with Crippen molar-refractivity contribution >= 4 is 11.6 Å². The number of benzene rings is 1. The number of hydrogen-bond acceptors (Lipinski definition) is 2. The summed E-state index contributed by atoms with van der Waals surface area (Å²) < 4.78 is 5.08. The number of carbonyl (C=O) groups is 1. The molecule has 3 nitrogen and oxygen atoms in total. The molecule has 0 saturated carbocycles. The molecule has 0 N–H and O–H groups in total. The van der Waals surface area contributed by atoms with E-state index in [1.807, 2.05) is 24.3 Å². The number of anilines is 1. The largest absolute Gasteiger partial charge is 0.497 e. The predicted octanol–water partition coefficient (Wildman–Crippen LogP) is 2.38. The van der Waals surface area contributed by atoms with Crippen molar-refractivity contribution in [3.63, 3.8) is 0 Å². The number of nitrogens with zero attached hydrogens (tertiary/aromatic N) is 1. The molecule has 84 valence electrons. The molecule has 1 fully saturated rings. The predicted molar refractivity (Wildman–Crippen MR) is 63.7 cm³/mol. The average Bonchev–Trinajstić information content (AvgIpc) is 2.34. The van der Waals surface area contributed by atoms with Crippen LogP contribution in [-0.4, -0.2) is 19.1 Å². The Hall–Kier alpha value is -1.77. The summed E-state index contributed by atoms with van der Waals surface area (Å²) in [6, 6.07) is 7.66. The van der Waals surface area contributed by atoms with Crippen LogP contribution < -0.4 is 9.64 Å². The number of amides is 1. The van der Waals surface area contributed by atoms with Gasteiger partial charge in [0.15, 0.2) is 0 Å². The zero-order valence-electron chi connectivity index (χ0n) is 9.56. The van der Waals surface area contributed by atoms with Crippen LogP contribution in [0.1, 0.15) is 13.3 Å². The Morgan fingerprint density at radius 3 is 2.50 bits per heavy atom. The smallest absolute Gasteiger partial charge is 0.256 e. The maximum atomic E-state index is 11.7. The van der Waals surface area contributed by atoms with Crippen LogP contribution in [0.15, 0.2) is 36.4 Å².